The third-order valence-corrected chi connectivity index (χ3v) is 4.51. The first-order valence-corrected chi connectivity index (χ1v) is 8.16. The number of carbonyl (C=O) groups is 3. The molecule has 8 heteroatoms. The summed E-state index contributed by atoms with van der Waals surface area (Å²) in [6.45, 7) is 0. The highest BCUT2D eigenvalue weighted by Gasteiger charge is 2.62. The molecule has 1 atom stereocenters. The van der Waals surface area contributed by atoms with Crippen molar-refractivity contribution in [2.45, 2.75) is 11.6 Å². The van der Waals surface area contributed by atoms with Gasteiger partial charge in [0.05, 0.1) is 5.57 Å². The highest BCUT2D eigenvalue weighted by Crippen LogP contribution is 2.37. The summed E-state index contributed by atoms with van der Waals surface area (Å²) in [6.07, 6.45) is 0.703. The zero-order valence-electron chi connectivity index (χ0n) is 14.3. The van der Waals surface area contributed by atoms with Crippen molar-refractivity contribution >= 4 is 17.3 Å². The van der Waals surface area contributed by atoms with Crippen LogP contribution >= 0.6 is 0 Å². The molecule has 144 valence electrons. The van der Waals surface area contributed by atoms with Crippen LogP contribution in [0.15, 0.2) is 66.2 Å². The summed E-state index contributed by atoms with van der Waals surface area (Å²) in [4.78, 5) is 37.8. The Bertz CT molecular complexity index is 988. The lowest BCUT2D eigenvalue weighted by Crippen LogP contribution is -2.66. The minimum atomic E-state index is -3.81. The number of benzene rings is 2. The summed E-state index contributed by atoms with van der Waals surface area (Å²) >= 11 is 0. The minimum Gasteiger partial charge on any atom is -0.508 e. The van der Waals surface area contributed by atoms with Gasteiger partial charge in [0.25, 0.3) is 11.6 Å². The van der Waals surface area contributed by atoms with Gasteiger partial charge < -0.3 is 25.5 Å². The minimum absolute atomic E-state index is 0.0186. The van der Waals surface area contributed by atoms with Gasteiger partial charge in [-0.1, -0.05) is 48.5 Å². The highest BCUT2D eigenvalue weighted by molar-refractivity contribution is 6.19. The van der Waals surface area contributed by atoms with E-state index >= 15 is 0 Å². The molecule has 0 bridgehead atoms. The van der Waals surface area contributed by atoms with Crippen molar-refractivity contribution in [1.82, 2.24) is 0 Å². The number of phenols is 1. The lowest BCUT2D eigenvalue weighted by molar-refractivity contribution is -0.319. The first-order valence-electron chi connectivity index (χ1n) is 8.16. The zero-order chi connectivity index (χ0) is 20.7. The van der Waals surface area contributed by atoms with Crippen LogP contribution in [-0.2, 0) is 4.79 Å². The van der Waals surface area contributed by atoms with Crippen LogP contribution in [0, 0.1) is 5.92 Å². The molecule has 2 aromatic carbocycles. The third-order valence-electron chi connectivity index (χ3n) is 4.51. The van der Waals surface area contributed by atoms with Crippen LogP contribution in [-0.4, -0.2) is 54.5 Å². The largest absolute Gasteiger partial charge is 0.508 e. The molecule has 2 aromatic rings. The topological polar surface area (TPSA) is 152 Å². The SMILES string of the molecule is O=C(C1=CC(C(=O)c2cccc(O)c2)C(=O)C(O)(O)C1(O)O)c1ccccc1. The van der Waals surface area contributed by atoms with E-state index in [0.29, 0.717) is 6.08 Å². The fourth-order valence-electron chi connectivity index (χ4n) is 2.95. The van der Waals surface area contributed by atoms with E-state index in [0.717, 1.165) is 6.07 Å². The van der Waals surface area contributed by atoms with Crippen molar-refractivity contribution in [1.29, 1.82) is 0 Å². The van der Waals surface area contributed by atoms with Gasteiger partial charge in [0.2, 0.25) is 5.78 Å². The van der Waals surface area contributed by atoms with Gasteiger partial charge in [-0.2, -0.15) is 0 Å². The first kappa shape index (κ1) is 19.6. The Morgan fingerprint density at radius 1 is 0.821 bits per heavy atom. The molecule has 0 heterocycles. The van der Waals surface area contributed by atoms with Gasteiger partial charge >= 0.3 is 0 Å². The predicted octanol–water partition coefficient (Wildman–Crippen LogP) is -0.0551. The van der Waals surface area contributed by atoms with Crippen molar-refractivity contribution in [3.63, 3.8) is 0 Å². The summed E-state index contributed by atoms with van der Waals surface area (Å²) < 4.78 is 0. The van der Waals surface area contributed by atoms with Crippen molar-refractivity contribution in [3.8, 4) is 5.75 Å². The van der Waals surface area contributed by atoms with Crippen molar-refractivity contribution in [2.24, 2.45) is 5.92 Å². The second-order valence-electron chi connectivity index (χ2n) is 6.38. The lowest BCUT2D eigenvalue weighted by atomic mass is 9.75. The molecule has 8 nitrogen and oxygen atoms in total. The normalized spacial score (nSPS) is 20.4. The fourth-order valence-corrected chi connectivity index (χ4v) is 2.95. The third kappa shape index (κ3) is 3.04. The second-order valence-corrected chi connectivity index (χ2v) is 6.38. The van der Waals surface area contributed by atoms with Gasteiger partial charge in [0.1, 0.15) is 11.7 Å². The number of rotatable bonds is 4. The number of phenolic OH excluding ortho intramolecular Hbond substituents is 1. The van der Waals surface area contributed by atoms with Crippen LogP contribution in [0.4, 0.5) is 0 Å². The molecule has 3 rings (SSSR count). The highest BCUT2D eigenvalue weighted by atomic mass is 16.6. The Morgan fingerprint density at radius 2 is 1.43 bits per heavy atom. The molecule has 1 unspecified atom stereocenters. The summed E-state index contributed by atoms with van der Waals surface area (Å²) in [5.74, 6) is -13.2. The molecule has 0 aliphatic heterocycles. The van der Waals surface area contributed by atoms with Gasteiger partial charge in [-0.3, -0.25) is 14.4 Å². The van der Waals surface area contributed by atoms with E-state index in [2.05, 4.69) is 0 Å². The number of aliphatic hydroxyl groups is 4. The summed E-state index contributed by atoms with van der Waals surface area (Å²) in [7, 11) is 0. The number of aromatic hydroxyl groups is 1. The molecule has 5 N–H and O–H groups in total. The standard InChI is InChI=1S/C20H16O8/c21-13-8-4-7-12(9-13)16(22)14-10-15(17(23)11-5-2-1-3-6-11)19(25,26)20(27,28)18(14)24/h1-10,14,21,25-28H. The van der Waals surface area contributed by atoms with E-state index in [1.54, 1.807) is 6.07 Å². The number of hydrogen-bond donors (Lipinski definition) is 5. The fraction of sp³-hybridized carbons (Fsp3) is 0.150. The molecular weight excluding hydrogens is 368 g/mol. The quantitative estimate of drug-likeness (QED) is 0.279. The molecule has 1 aliphatic carbocycles. The Hall–Kier alpha value is -3.17. The number of Topliss-reactive ketones (excluding diaryl/α,β-unsaturated/α-hetero) is 3. The molecule has 0 saturated heterocycles. The average molecular weight is 384 g/mol. The van der Waals surface area contributed by atoms with Crippen molar-refractivity contribution < 1.29 is 39.9 Å². The summed E-state index contributed by atoms with van der Waals surface area (Å²) in [5.41, 5.74) is -1.09. The van der Waals surface area contributed by atoms with Gasteiger partial charge in [0.15, 0.2) is 11.6 Å². The van der Waals surface area contributed by atoms with E-state index in [9.17, 15) is 39.9 Å². The number of hydrogen-bond acceptors (Lipinski definition) is 8. The van der Waals surface area contributed by atoms with Crippen LogP contribution in [0.5, 0.6) is 5.75 Å². The molecule has 0 amide bonds. The van der Waals surface area contributed by atoms with Gasteiger partial charge in [-0.15, -0.1) is 0 Å². The van der Waals surface area contributed by atoms with E-state index in [4.69, 9.17) is 0 Å². The molecule has 0 spiro atoms. The summed E-state index contributed by atoms with van der Waals surface area (Å²) in [5, 5.41) is 50.0. The molecule has 28 heavy (non-hydrogen) atoms. The van der Waals surface area contributed by atoms with E-state index < -0.39 is 40.4 Å². The maximum absolute atomic E-state index is 12.7. The van der Waals surface area contributed by atoms with Gasteiger partial charge in [0, 0.05) is 11.1 Å². The van der Waals surface area contributed by atoms with Crippen LogP contribution in [0.2, 0.25) is 0 Å². The molecule has 0 radical (unpaired) electrons. The molecular formula is C20H16O8. The monoisotopic (exact) mass is 384 g/mol. The summed E-state index contributed by atoms with van der Waals surface area (Å²) in [6, 6.07) is 12.2. The van der Waals surface area contributed by atoms with Crippen molar-refractivity contribution in [2.75, 3.05) is 0 Å². The Kier molecular flexibility index (Phi) is 4.74. The Balaban J connectivity index is 2.13. The molecule has 0 fully saturated rings. The zero-order valence-corrected chi connectivity index (χ0v) is 14.3. The van der Waals surface area contributed by atoms with E-state index in [-0.39, 0.29) is 16.9 Å². The van der Waals surface area contributed by atoms with Crippen LogP contribution < -0.4 is 0 Å². The lowest BCUT2D eigenvalue weighted by Gasteiger charge is -2.39. The van der Waals surface area contributed by atoms with Crippen LogP contribution in [0.25, 0.3) is 0 Å². The maximum atomic E-state index is 12.7. The second kappa shape index (κ2) is 6.77. The van der Waals surface area contributed by atoms with Gasteiger partial charge in [-0.05, 0) is 12.1 Å². The number of ketones is 3. The molecule has 1 aliphatic rings. The Labute approximate surface area is 158 Å². The smallest absolute Gasteiger partial charge is 0.285 e. The molecule has 0 aromatic heterocycles. The maximum Gasteiger partial charge on any atom is 0.285 e. The van der Waals surface area contributed by atoms with Crippen molar-refractivity contribution in [3.05, 3.63) is 77.4 Å². The Morgan fingerprint density at radius 3 is 2.04 bits per heavy atom. The number of allylic oxidation sites excluding steroid dienone is 1. The van der Waals surface area contributed by atoms with Crippen LogP contribution in [0.3, 0.4) is 0 Å². The first-order chi connectivity index (χ1) is 13.1. The number of carbonyl (C=O) groups excluding carboxylic acids is 3. The average Bonchev–Trinajstić information content (AvgIpc) is 2.67. The van der Waals surface area contributed by atoms with Gasteiger partial charge in [-0.25, -0.2) is 0 Å². The van der Waals surface area contributed by atoms with Crippen LogP contribution in [0.1, 0.15) is 20.7 Å². The predicted molar refractivity (Wildman–Crippen MR) is 94.1 cm³/mol. The van der Waals surface area contributed by atoms with E-state index in [1.807, 2.05) is 0 Å². The molecule has 0 saturated carbocycles. The van der Waals surface area contributed by atoms with E-state index in [1.165, 1.54) is 42.5 Å².